The van der Waals surface area contributed by atoms with Gasteiger partial charge in [0.05, 0.1) is 10.4 Å². The van der Waals surface area contributed by atoms with Gasteiger partial charge in [-0.3, -0.25) is 4.98 Å². The van der Waals surface area contributed by atoms with E-state index in [1.807, 2.05) is 24.3 Å². The molecule has 3 aromatic carbocycles. The summed E-state index contributed by atoms with van der Waals surface area (Å²) < 4.78 is 46.2. The topological polar surface area (TPSA) is 92.2 Å². The first-order valence-electron chi connectivity index (χ1n) is 9.39. The highest BCUT2D eigenvalue weighted by Gasteiger charge is 2.15. The molecule has 154 valence electrons. The number of oxazole rings is 1. The fourth-order valence-electron chi connectivity index (χ4n) is 3.22. The Hall–Kier alpha value is -3.23. The third-order valence-electron chi connectivity index (χ3n) is 4.78. The van der Waals surface area contributed by atoms with Gasteiger partial charge in [0.15, 0.2) is 5.58 Å². The smallest absolute Gasteiger partial charge is 0.408 e. The van der Waals surface area contributed by atoms with Crippen LogP contribution in [0.1, 0.15) is 12.0 Å². The van der Waals surface area contributed by atoms with E-state index in [1.54, 1.807) is 18.2 Å². The third-order valence-corrected chi connectivity index (χ3v) is 6.23. The summed E-state index contributed by atoms with van der Waals surface area (Å²) in [6, 6.07) is 18.4. The average Bonchev–Trinajstić information content (AvgIpc) is 3.11. The predicted octanol–water partition coefficient (Wildman–Crippen LogP) is 3.84. The quantitative estimate of drug-likeness (QED) is 0.439. The molecule has 0 fully saturated rings. The molecule has 0 unspecified atom stereocenters. The second-order valence-corrected chi connectivity index (χ2v) is 8.62. The minimum atomic E-state index is -3.71. The second kappa shape index (κ2) is 8.25. The van der Waals surface area contributed by atoms with Crippen molar-refractivity contribution >= 4 is 21.1 Å². The van der Waals surface area contributed by atoms with E-state index >= 15 is 0 Å². The van der Waals surface area contributed by atoms with Crippen molar-refractivity contribution in [3.63, 3.8) is 0 Å². The zero-order valence-electron chi connectivity index (χ0n) is 15.9. The molecule has 4 aromatic rings. The molecule has 0 aliphatic carbocycles. The Morgan fingerprint density at radius 2 is 1.77 bits per heavy atom. The molecule has 6 nitrogen and oxygen atoms in total. The lowest BCUT2D eigenvalue weighted by molar-refractivity contribution is 0.553. The van der Waals surface area contributed by atoms with Crippen LogP contribution in [0.3, 0.4) is 0 Å². The summed E-state index contributed by atoms with van der Waals surface area (Å²) in [4.78, 5) is 13.7. The first-order chi connectivity index (χ1) is 14.4. The number of benzene rings is 3. The van der Waals surface area contributed by atoms with E-state index in [0.29, 0.717) is 23.9 Å². The number of hydrogen-bond donors (Lipinski definition) is 2. The van der Waals surface area contributed by atoms with Crippen molar-refractivity contribution < 1.29 is 17.2 Å². The van der Waals surface area contributed by atoms with Gasteiger partial charge in [-0.1, -0.05) is 42.5 Å². The van der Waals surface area contributed by atoms with Gasteiger partial charge in [0.2, 0.25) is 10.0 Å². The largest absolute Gasteiger partial charge is 0.417 e. The Morgan fingerprint density at radius 3 is 2.53 bits per heavy atom. The third kappa shape index (κ3) is 4.34. The summed E-state index contributed by atoms with van der Waals surface area (Å²) in [5.41, 5.74) is 3.01. The lowest BCUT2D eigenvalue weighted by atomic mass is 10.0. The molecule has 0 spiro atoms. The van der Waals surface area contributed by atoms with Crippen LogP contribution >= 0.6 is 0 Å². The first kappa shape index (κ1) is 20.1. The minimum absolute atomic E-state index is 0.0343. The Kier molecular flexibility index (Phi) is 5.52. The second-order valence-electron chi connectivity index (χ2n) is 6.85. The van der Waals surface area contributed by atoms with Crippen LogP contribution in [-0.2, 0) is 16.4 Å². The Balaban J connectivity index is 1.35. The SMILES string of the molecule is O=c1[nH]c2ccc(S(=O)(=O)NCCCc3ccc(-c4ccccc4F)cc3)cc2o1. The van der Waals surface area contributed by atoms with Crippen LogP contribution in [0, 0.1) is 5.82 Å². The number of nitrogens with one attached hydrogen (secondary N) is 2. The first-order valence-corrected chi connectivity index (χ1v) is 10.9. The molecule has 2 N–H and O–H groups in total. The normalized spacial score (nSPS) is 11.8. The molecule has 0 aliphatic rings. The molecular weight excluding hydrogens is 407 g/mol. The van der Waals surface area contributed by atoms with E-state index in [4.69, 9.17) is 4.42 Å². The number of hydrogen-bond acceptors (Lipinski definition) is 4. The van der Waals surface area contributed by atoms with E-state index in [9.17, 15) is 17.6 Å². The van der Waals surface area contributed by atoms with Crippen molar-refractivity contribution in [2.24, 2.45) is 0 Å². The van der Waals surface area contributed by atoms with Crippen molar-refractivity contribution in [3.8, 4) is 11.1 Å². The summed E-state index contributed by atoms with van der Waals surface area (Å²) in [6.45, 7) is 0.256. The van der Waals surface area contributed by atoms with Crippen molar-refractivity contribution in [2.45, 2.75) is 17.7 Å². The highest BCUT2D eigenvalue weighted by atomic mass is 32.2. The predicted molar refractivity (Wildman–Crippen MR) is 112 cm³/mol. The maximum Gasteiger partial charge on any atom is 0.417 e. The lowest BCUT2D eigenvalue weighted by Gasteiger charge is -2.08. The van der Waals surface area contributed by atoms with Gasteiger partial charge in [-0.15, -0.1) is 0 Å². The Bertz CT molecular complexity index is 1340. The average molecular weight is 426 g/mol. The molecule has 4 rings (SSSR count). The highest BCUT2D eigenvalue weighted by molar-refractivity contribution is 7.89. The molecule has 0 saturated heterocycles. The van der Waals surface area contributed by atoms with Gasteiger partial charge >= 0.3 is 5.76 Å². The number of aryl methyl sites for hydroxylation is 1. The molecular formula is C22H19FN2O4S. The summed E-state index contributed by atoms with van der Waals surface area (Å²) in [7, 11) is -3.71. The van der Waals surface area contributed by atoms with E-state index in [2.05, 4.69) is 9.71 Å². The number of aromatic amines is 1. The summed E-state index contributed by atoms with van der Waals surface area (Å²) in [5, 5.41) is 0. The summed E-state index contributed by atoms with van der Waals surface area (Å²) >= 11 is 0. The number of aromatic nitrogens is 1. The van der Waals surface area contributed by atoms with Crippen LogP contribution in [0.5, 0.6) is 0 Å². The molecule has 0 radical (unpaired) electrons. The fourth-order valence-corrected chi connectivity index (χ4v) is 4.31. The number of halogens is 1. The molecule has 0 aliphatic heterocycles. The van der Waals surface area contributed by atoms with Crippen LogP contribution in [0.15, 0.2) is 80.8 Å². The monoisotopic (exact) mass is 426 g/mol. The van der Waals surface area contributed by atoms with E-state index < -0.39 is 15.8 Å². The van der Waals surface area contributed by atoms with Gasteiger partial charge in [0, 0.05) is 18.2 Å². The van der Waals surface area contributed by atoms with Crippen molar-refractivity contribution in [2.75, 3.05) is 6.54 Å². The van der Waals surface area contributed by atoms with Gasteiger partial charge in [-0.25, -0.2) is 22.3 Å². The van der Waals surface area contributed by atoms with Gasteiger partial charge < -0.3 is 4.42 Å². The molecule has 0 amide bonds. The van der Waals surface area contributed by atoms with Crippen LogP contribution < -0.4 is 10.5 Å². The standard InChI is InChI=1S/C22H19FN2O4S/c23-19-6-2-1-5-18(19)16-9-7-15(8-10-16)4-3-13-24-30(27,28)17-11-12-20-21(14-17)29-22(26)25-20/h1-2,5-12,14,24H,3-4,13H2,(H,25,26). The summed E-state index contributed by atoms with van der Waals surface area (Å²) in [6.07, 6.45) is 1.27. The molecule has 30 heavy (non-hydrogen) atoms. The summed E-state index contributed by atoms with van der Waals surface area (Å²) in [5.74, 6) is -0.898. The lowest BCUT2D eigenvalue weighted by Crippen LogP contribution is -2.25. The molecule has 0 saturated carbocycles. The number of fused-ring (bicyclic) bond motifs is 1. The van der Waals surface area contributed by atoms with Crippen molar-refractivity contribution in [3.05, 3.63) is 88.7 Å². The molecule has 1 heterocycles. The van der Waals surface area contributed by atoms with Crippen molar-refractivity contribution in [1.29, 1.82) is 0 Å². The van der Waals surface area contributed by atoms with Gasteiger partial charge in [0.1, 0.15) is 5.82 Å². The number of H-pyrrole nitrogens is 1. The van der Waals surface area contributed by atoms with Gasteiger partial charge in [0.25, 0.3) is 0 Å². The van der Waals surface area contributed by atoms with E-state index in [-0.39, 0.29) is 22.8 Å². The molecule has 1 aromatic heterocycles. The fraction of sp³-hybridized carbons (Fsp3) is 0.136. The molecule has 8 heteroatoms. The van der Waals surface area contributed by atoms with E-state index in [0.717, 1.165) is 11.1 Å². The Morgan fingerprint density at radius 1 is 1.00 bits per heavy atom. The Labute approximate surface area is 172 Å². The van der Waals surface area contributed by atoms with Gasteiger partial charge in [-0.2, -0.15) is 0 Å². The maximum absolute atomic E-state index is 13.9. The number of sulfonamides is 1. The highest BCUT2D eigenvalue weighted by Crippen LogP contribution is 2.23. The van der Waals surface area contributed by atoms with Crippen LogP contribution in [-0.4, -0.2) is 19.9 Å². The zero-order chi connectivity index (χ0) is 21.1. The van der Waals surface area contributed by atoms with E-state index in [1.165, 1.54) is 24.3 Å². The molecule has 0 atom stereocenters. The minimum Gasteiger partial charge on any atom is -0.408 e. The van der Waals surface area contributed by atoms with Crippen molar-refractivity contribution in [1.82, 2.24) is 9.71 Å². The number of rotatable bonds is 7. The molecule has 0 bridgehead atoms. The van der Waals surface area contributed by atoms with Crippen LogP contribution in [0.4, 0.5) is 4.39 Å². The zero-order valence-corrected chi connectivity index (χ0v) is 16.7. The van der Waals surface area contributed by atoms with Crippen LogP contribution in [0.2, 0.25) is 0 Å². The van der Waals surface area contributed by atoms with Crippen LogP contribution in [0.25, 0.3) is 22.2 Å². The van der Waals surface area contributed by atoms with Gasteiger partial charge in [-0.05, 0) is 42.2 Å². The maximum atomic E-state index is 13.9.